The van der Waals surface area contributed by atoms with Gasteiger partial charge in [-0.2, -0.15) is 0 Å². The molecule has 27 heavy (non-hydrogen) atoms. The van der Waals surface area contributed by atoms with Crippen LogP contribution in [0.5, 0.6) is 0 Å². The van der Waals surface area contributed by atoms with Gasteiger partial charge in [0.1, 0.15) is 6.04 Å². The molecule has 0 bridgehead atoms. The van der Waals surface area contributed by atoms with Crippen molar-refractivity contribution in [3.63, 3.8) is 0 Å². The van der Waals surface area contributed by atoms with Gasteiger partial charge in [0.15, 0.2) is 0 Å². The van der Waals surface area contributed by atoms with Crippen LogP contribution in [0.15, 0.2) is 18.2 Å². The van der Waals surface area contributed by atoms with E-state index in [0.717, 1.165) is 23.4 Å². The third-order valence-corrected chi connectivity index (χ3v) is 6.17. The molecule has 1 aromatic rings. The van der Waals surface area contributed by atoms with Gasteiger partial charge in [0.2, 0.25) is 11.8 Å². The number of ether oxygens (including phenoxy) is 1. The SMILES string of the molecule is COC(=O)[C@H]1N[C@@H](c2ccc3c(c2)CCN3C(C)C)[C@H]2C(=O)N(C)C(=O)[C@H]21. The van der Waals surface area contributed by atoms with Crippen molar-refractivity contribution in [1.82, 2.24) is 10.2 Å². The van der Waals surface area contributed by atoms with Crippen LogP contribution < -0.4 is 10.2 Å². The number of imide groups is 1. The second-order valence-corrected chi connectivity index (χ2v) is 7.86. The number of carbonyl (C=O) groups is 3. The van der Waals surface area contributed by atoms with Gasteiger partial charge >= 0.3 is 5.97 Å². The summed E-state index contributed by atoms with van der Waals surface area (Å²) < 4.78 is 4.87. The molecule has 0 spiro atoms. The van der Waals surface area contributed by atoms with E-state index in [0.29, 0.717) is 6.04 Å². The summed E-state index contributed by atoms with van der Waals surface area (Å²) in [7, 11) is 2.78. The summed E-state index contributed by atoms with van der Waals surface area (Å²) in [5.41, 5.74) is 3.40. The maximum atomic E-state index is 12.7. The Morgan fingerprint density at radius 1 is 1.22 bits per heavy atom. The van der Waals surface area contributed by atoms with Gasteiger partial charge in [-0.25, -0.2) is 0 Å². The predicted octanol–water partition coefficient (Wildman–Crippen LogP) is 0.874. The molecule has 2 amide bonds. The number of carbonyl (C=O) groups excluding carboxylic acids is 3. The first-order valence-corrected chi connectivity index (χ1v) is 9.40. The van der Waals surface area contributed by atoms with Gasteiger partial charge in [-0.15, -0.1) is 0 Å². The lowest BCUT2D eigenvalue weighted by Gasteiger charge is -2.25. The molecule has 2 fully saturated rings. The van der Waals surface area contributed by atoms with Crippen LogP contribution in [0.1, 0.15) is 31.0 Å². The van der Waals surface area contributed by atoms with Gasteiger partial charge in [-0.05, 0) is 37.5 Å². The number of esters is 1. The Morgan fingerprint density at radius 3 is 2.59 bits per heavy atom. The van der Waals surface area contributed by atoms with Gasteiger partial charge in [-0.3, -0.25) is 24.6 Å². The molecule has 0 saturated carbocycles. The number of fused-ring (bicyclic) bond motifs is 2. The lowest BCUT2D eigenvalue weighted by Crippen LogP contribution is -2.42. The van der Waals surface area contributed by atoms with Gasteiger partial charge < -0.3 is 9.64 Å². The fourth-order valence-electron chi connectivity index (χ4n) is 4.79. The minimum Gasteiger partial charge on any atom is -0.468 e. The highest BCUT2D eigenvalue weighted by Crippen LogP contribution is 2.45. The maximum Gasteiger partial charge on any atom is 0.323 e. The zero-order valence-corrected chi connectivity index (χ0v) is 16.1. The van der Waals surface area contributed by atoms with Crippen molar-refractivity contribution in [3.05, 3.63) is 29.3 Å². The van der Waals surface area contributed by atoms with Crippen molar-refractivity contribution in [2.75, 3.05) is 25.6 Å². The van der Waals surface area contributed by atoms with Gasteiger partial charge in [0.25, 0.3) is 0 Å². The smallest absolute Gasteiger partial charge is 0.323 e. The lowest BCUT2D eigenvalue weighted by atomic mass is 9.86. The Balaban J connectivity index is 1.71. The third kappa shape index (κ3) is 2.56. The first kappa shape index (κ1) is 18.0. The molecule has 7 nitrogen and oxygen atoms in total. The van der Waals surface area contributed by atoms with Crippen LogP contribution in [0.3, 0.4) is 0 Å². The Bertz CT molecular complexity index is 821. The van der Waals surface area contributed by atoms with E-state index in [1.54, 1.807) is 0 Å². The lowest BCUT2D eigenvalue weighted by molar-refractivity contribution is -0.147. The quantitative estimate of drug-likeness (QED) is 0.628. The molecule has 144 valence electrons. The fourth-order valence-corrected chi connectivity index (χ4v) is 4.79. The Labute approximate surface area is 158 Å². The minimum absolute atomic E-state index is 0.238. The van der Waals surface area contributed by atoms with E-state index in [9.17, 15) is 14.4 Å². The zero-order valence-electron chi connectivity index (χ0n) is 16.1. The monoisotopic (exact) mass is 371 g/mol. The van der Waals surface area contributed by atoms with E-state index in [-0.39, 0.29) is 17.9 Å². The van der Waals surface area contributed by atoms with E-state index >= 15 is 0 Å². The van der Waals surface area contributed by atoms with Gasteiger partial charge in [-0.1, -0.05) is 12.1 Å². The largest absolute Gasteiger partial charge is 0.468 e. The molecule has 0 unspecified atom stereocenters. The van der Waals surface area contributed by atoms with Crippen molar-refractivity contribution in [2.45, 2.75) is 38.4 Å². The van der Waals surface area contributed by atoms with Crippen LogP contribution in [-0.4, -0.2) is 55.5 Å². The molecule has 0 radical (unpaired) electrons. The summed E-state index contributed by atoms with van der Waals surface area (Å²) >= 11 is 0. The summed E-state index contributed by atoms with van der Waals surface area (Å²) in [4.78, 5) is 41.0. The summed E-state index contributed by atoms with van der Waals surface area (Å²) in [6.07, 6.45) is 0.954. The summed E-state index contributed by atoms with van der Waals surface area (Å²) in [6.45, 7) is 5.32. The molecule has 1 aromatic carbocycles. The number of likely N-dealkylation sites (tertiary alicyclic amines) is 1. The van der Waals surface area contributed by atoms with Crippen molar-refractivity contribution >= 4 is 23.5 Å². The van der Waals surface area contributed by atoms with E-state index in [2.05, 4.69) is 36.2 Å². The first-order chi connectivity index (χ1) is 12.8. The van der Waals surface area contributed by atoms with Crippen LogP contribution in [-0.2, 0) is 25.5 Å². The maximum absolute atomic E-state index is 12.7. The second kappa shape index (κ2) is 6.34. The van der Waals surface area contributed by atoms with Crippen molar-refractivity contribution in [1.29, 1.82) is 0 Å². The zero-order chi connectivity index (χ0) is 19.5. The molecular weight excluding hydrogens is 346 g/mol. The number of benzene rings is 1. The molecule has 0 aromatic heterocycles. The van der Waals surface area contributed by atoms with E-state index < -0.39 is 23.8 Å². The average Bonchev–Trinajstić information content (AvgIpc) is 3.31. The molecule has 2 saturated heterocycles. The number of hydrogen-bond acceptors (Lipinski definition) is 6. The Morgan fingerprint density at radius 2 is 1.93 bits per heavy atom. The van der Waals surface area contributed by atoms with Crippen LogP contribution in [0.2, 0.25) is 0 Å². The molecule has 3 aliphatic heterocycles. The molecule has 7 heteroatoms. The molecule has 4 rings (SSSR count). The van der Waals surface area contributed by atoms with Crippen LogP contribution >= 0.6 is 0 Å². The second-order valence-electron chi connectivity index (χ2n) is 7.86. The van der Waals surface area contributed by atoms with Crippen molar-refractivity contribution in [3.8, 4) is 0 Å². The van der Waals surface area contributed by atoms with E-state index in [1.807, 2.05) is 6.07 Å². The van der Waals surface area contributed by atoms with Crippen molar-refractivity contribution < 1.29 is 19.1 Å². The van der Waals surface area contributed by atoms with Crippen LogP contribution in [0.25, 0.3) is 0 Å². The van der Waals surface area contributed by atoms with Gasteiger partial charge in [0.05, 0.1) is 18.9 Å². The number of amides is 2. The highest BCUT2D eigenvalue weighted by atomic mass is 16.5. The standard InChI is InChI=1S/C20H25N3O4/c1-10(2)23-8-7-11-9-12(5-6-13(11)23)16-14-15(17(21-16)20(26)27-4)19(25)22(3)18(14)24/h5-6,9-10,14-17,21H,7-8H2,1-4H3/t14-,15+,16-,17-/m0/s1. The number of rotatable bonds is 3. The first-order valence-electron chi connectivity index (χ1n) is 9.40. The normalized spacial score (nSPS) is 29.5. The Kier molecular flexibility index (Phi) is 4.22. The summed E-state index contributed by atoms with van der Waals surface area (Å²) in [6, 6.07) is 5.46. The molecule has 1 N–H and O–H groups in total. The number of nitrogens with one attached hydrogen (secondary N) is 1. The van der Waals surface area contributed by atoms with E-state index in [1.165, 1.54) is 25.4 Å². The van der Waals surface area contributed by atoms with E-state index in [4.69, 9.17) is 4.74 Å². The van der Waals surface area contributed by atoms with Crippen LogP contribution in [0, 0.1) is 11.8 Å². The molecule has 3 aliphatic rings. The van der Waals surface area contributed by atoms with Crippen LogP contribution in [0.4, 0.5) is 5.69 Å². The summed E-state index contributed by atoms with van der Waals surface area (Å²) in [5, 5.41) is 3.21. The number of hydrogen-bond donors (Lipinski definition) is 1. The minimum atomic E-state index is -0.799. The molecule has 4 atom stereocenters. The highest BCUT2D eigenvalue weighted by Gasteiger charge is 2.60. The predicted molar refractivity (Wildman–Crippen MR) is 99.1 cm³/mol. The number of nitrogens with zero attached hydrogens (tertiary/aromatic N) is 2. The topological polar surface area (TPSA) is 79.0 Å². The third-order valence-electron chi connectivity index (χ3n) is 6.17. The highest BCUT2D eigenvalue weighted by molar-refractivity contribution is 6.08. The molecule has 0 aliphatic carbocycles. The van der Waals surface area contributed by atoms with Crippen molar-refractivity contribution in [2.24, 2.45) is 11.8 Å². The fraction of sp³-hybridized carbons (Fsp3) is 0.550. The Hall–Kier alpha value is -2.41. The molecule has 3 heterocycles. The number of methoxy groups -OCH3 is 1. The van der Waals surface area contributed by atoms with Gasteiger partial charge in [0, 0.05) is 31.4 Å². The summed E-state index contributed by atoms with van der Waals surface area (Å²) in [5.74, 6) is -2.34. The number of anilines is 1. The molecular formula is C20H25N3O4. The average molecular weight is 371 g/mol.